The van der Waals surface area contributed by atoms with Gasteiger partial charge >= 0.3 is 0 Å². The minimum Gasteiger partial charge on any atom is -0.305 e. The summed E-state index contributed by atoms with van der Waals surface area (Å²) in [6.45, 7) is 4.50. The minimum atomic E-state index is 0.839. The van der Waals surface area contributed by atoms with Gasteiger partial charge in [0.25, 0.3) is 0 Å². The summed E-state index contributed by atoms with van der Waals surface area (Å²) >= 11 is 0. The first-order valence-electron chi connectivity index (χ1n) is 22.7. The Kier molecular flexibility index (Phi) is 7.75. The average molecular weight is 844 g/mol. The summed E-state index contributed by atoms with van der Waals surface area (Å²) in [5, 5.41) is 9.61. The number of fused-ring (bicyclic) bond motifs is 12. The van der Waals surface area contributed by atoms with Crippen molar-refractivity contribution < 1.29 is 0 Å². The van der Waals surface area contributed by atoms with Crippen molar-refractivity contribution in [2.75, 3.05) is 0 Å². The van der Waals surface area contributed by atoms with Gasteiger partial charge in [-0.1, -0.05) is 164 Å². The molecule has 0 fully saturated rings. The standard InChI is InChI=1S/C61H41N5/c1-38-20-18-36-53-55(38)56-39(2)21-19-37-54(56)64(53)59-57(40-22-4-3-5-23-40)58(63-47-30-12-6-24-41(47)42-25-7-13-31-48(42)63)60(65-49-32-14-8-26-43(49)44-27-9-15-33-50(44)65)62-61(59)66-51-34-16-10-28-45(51)46-29-11-17-35-52(46)66/h3-37H,1-2H3. The molecular formula is C61H41N5. The van der Waals surface area contributed by atoms with Crippen LogP contribution in [0.1, 0.15) is 11.1 Å². The highest BCUT2D eigenvalue weighted by Gasteiger charge is 2.32. The monoisotopic (exact) mass is 843 g/mol. The molecular weight excluding hydrogens is 803 g/mol. The van der Waals surface area contributed by atoms with Crippen LogP contribution in [0.15, 0.2) is 212 Å². The highest BCUT2D eigenvalue weighted by molar-refractivity contribution is 6.16. The number of para-hydroxylation sites is 6. The second-order valence-corrected chi connectivity index (χ2v) is 17.6. The molecule has 310 valence electrons. The van der Waals surface area contributed by atoms with Gasteiger partial charge in [-0.25, -0.2) is 4.98 Å². The topological polar surface area (TPSA) is 32.6 Å². The van der Waals surface area contributed by atoms with Gasteiger partial charge in [-0.05, 0) is 79.1 Å². The maximum absolute atomic E-state index is 6.31. The average Bonchev–Trinajstić information content (AvgIpc) is 4.10. The van der Waals surface area contributed by atoms with Crippen LogP contribution in [0, 0.1) is 13.8 Å². The molecule has 14 rings (SSSR count). The lowest BCUT2D eigenvalue weighted by Gasteiger charge is -2.27. The van der Waals surface area contributed by atoms with Gasteiger partial charge in [0, 0.05) is 48.7 Å². The van der Waals surface area contributed by atoms with E-state index in [1.54, 1.807) is 0 Å². The fourth-order valence-corrected chi connectivity index (χ4v) is 11.3. The molecule has 5 heterocycles. The lowest BCUT2D eigenvalue weighted by atomic mass is 10.00. The minimum absolute atomic E-state index is 0.839. The summed E-state index contributed by atoms with van der Waals surface area (Å²) in [6, 6.07) is 77.5. The van der Waals surface area contributed by atoms with Crippen molar-refractivity contribution in [1.29, 1.82) is 0 Å². The third-order valence-electron chi connectivity index (χ3n) is 14.0. The van der Waals surface area contributed by atoms with E-state index >= 15 is 0 Å². The maximum atomic E-state index is 6.31. The van der Waals surface area contributed by atoms with Gasteiger partial charge in [0.05, 0.1) is 44.1 Å². The zero-order valence-electron chi connectivity index (χ0n) is 36.4. The molecule has 5 aromatic heterocycles. The molecule has 0 bridgehead atoms. The SMILES string of the molecule is Cc1cccc2c1c1c(C)cccc1n2-c1c(-n2c3ccccc3c3ccccc32)nc(-n2c3ccccc3c3ccccc32)c(-n2c3ccccc3c3ccccc32)c1-c1ccccc1. The smallest absolute Gasteiger partial charge is 0.165 e. The fraction of sp³-hybridized carbons (Fsp3) is 0.0328. The predicted molar refractivity (Wildman–Crippen MR) is 277 cm³/mol. The van der Waals surface area contributed by atoms with Crippen LogP contribution < -0.4 is 0 Å². The van der Waals surface area contributed by atoms with Crippen molar-refractivity contribution in [3.63, 3.8) is 0 Å². The predicted octanol–water partition coefficient (Wildman–Crippen LogP) is 15.8. The number of benzene rings is 9. The normalized spacial score (nSPS) is 12.1. The summed E-state index contributed by atoms with van der Waals surface area (Å²) in [4.78, 5) is 6.31. The molecule has 5 heteroatoms. The van der Waals surface area contributed by atoms with Crippen molar-refractivity contribution in [3.05, 3.63) is 223 Å². The van der Waals surface area contributed by atoms with Crippen LogP contribution in [0.3, 0.4) is 0 Å². The number of pyridine rings is 1. The summed E-state index contributed by atoms with van der Waals surface area (Å²) < 4.78 is 9.90. The molecule has 0 saturated heterocycles. The zero-order chi connectivity index (χ0) is 43.6. The van der Waals surface area contributed by atoms with E-state index in [2.05, 4.69) is 244 Å². The lowest BCUT2D eigenvalue weighted by molar-refractivity contribution is 0.961. The molecule has 66 heavy (non-hydrogen) atoms. The van der Waals surface area contributed by atoms with Crippen LogP contribution in [0.25, 0.3) is 121 Å². The first kappa shape index (κ1) is 36.8. The van der Waals surface area contributed by atoms with E-state index in [0.29, 0.717) is 0 Å². The molecule has 0 aliphatic carbocycles. The van der Waals surface area contributed by atoms with E-state index in [4.69, 9.17) is 4.98 Å². The van der Waals surface area contributed by atoms with Crippen molar-refractivity contribution in [2.24, 2.45) is 0 Å². The van der Waals surface area contributed by atoms with Gasteiger partial charge in [0.1, 0.15) is 11.4 Å². The highest BCUT2D eigenvalue weighted by atomic mass is 15.2. The van der Waals surface area contributed by atoms with E-state index in [9.17, 15) is 0 Å². The Bertz CT molecular complexity index is 4090. The van der Waals surface area contributed by atoms with Gasteiger partial charge in [-0.2, -0.15) is 0 Å². The zero-order valence-corrected chi connectivity index (χ0v) is 36.4. The van der Waals surface area contributed by atoms with Crippen molar-refractivity contribution in [1.82, 2.24) is 23.3 Å². The van der Waals surface area contributed by atoms with Crippen molar-refractivity contribution in [2.45, 2.75) is 13.8 Å². The molecule has 0 aliphatic heterocycles. The van der Waals surface area contributed by atoms with Gasteiger partial charge in [0.2, 0.25) is 0 Å². The third kappa shape index (κ3) is 4.97. The van der Waals surface area contributed by atoms with Gasteiger partial charge in [0.15, 0.2) is 11.6 Å². The second-order valence-electron chi connectivity index (χ2n) is 17.6. The second kappa shape index (κ2) is 13.9. The molecule has 9 aromatic carbocycles. The molecule has 5 nitrogen and oxygen atoms in total. The van der Waals surface area contributed by atoms with E-state index in [1.165, 1.54) is 54.2 Å². The molecule has 0 unspecified atom stereocenters. The van der Waals surface area contributed by atoms with Crippen LogP contribution in [0.2, 0.25) is 0 Å². The molecule has 14 aromatic rings. The maximum Gasteiger partial charge on any atom is 0.165 e. The van der Waals surface area contributed by atoms with Crippen LogP contribution in [0.4, 0.5) is 0 Å². The Balaban J connectivity index is 1.34. The highest BCUT2D eigenvalue weighted by Crippen LogP contribution is 2.49. The Morgan fingerprint density at radius 1 is 0.273 bits per heavy atom. The van der Waals surface area contributed by atoms with Crippen molar-refractivity contribution >= 4 is 87.2 Å². The third-order valence-corrected chi connectivity index (χ3v) is 14.0. The fourth-order valence-electron chi connectivity index (χ4n) is 11.3. The number of hydrogen-bond acceptors (Lipinski definition) is 1. The molecule has 0 atom stereocenters. The largest absolute Gasteiger partial charge is 0.305 e. The van der Waals surface area contributed by atoms with E-state index in [-0.39, 0.29) is 0 Å². The van der Waals surface area contributed by atoms with Crippen LogP contribution in [-0.4, -0.2) is 23.3 Å². The van der Waals surface area contributed by atoms with Crippen molar-refractivity contribution in [3.8, 4) is 34.1 Å². The summed E-state index contributed by atoms with van der Waals surface area (Å²) in [5.41, 5.74) is 15.5. The quantitative estimate of drug-likeness (QED) is 0.170. The van der Waals surface area contributed by atoms with Crippen LogP contribution >= 0.6 is 0 Å². The van der Waals surface area contributed by atoms with E-state index in [1.807, 2.05) is 0 Å². The number of aryl methyl sites for hydroxylation is 2. The van der Waals surface area contributed by atoms with Crippen LogP contribution in [0.5, 0.6) is 0 Å². The molecule has 0 spiro atoms. The lowest BCUT2D eigenvalue weighted by Crippen LogP contribution is -2.16. The number of hydrogen-bond donors (Lipinski definition) is 0. The number of rotatable bonds is 5. The first-order chi connectivity index (χ1) is 32.7. The Labute approximate surface area is 380 Å². The van der Waals surface area contributed by atoms with Gasteiger partial charge in [-0.15, -0.1) is 0 Å². The molecule has 0 N–H and O–H groups in total. The Morgan fingerprint density at radius 3 is 0.924 bits per heavy atom. The molecule has 0 saturated carbocycles. The number of aromatic nitrogens is 5. The Morgan fingerprint density at radius 2 is 0.561 bits per heavy atom. The van der Waals surface area contributed by atoms with Gasteiger partial charge in [-0.3, -0.25) is 9.13 Å². The molecule has 0 amide bonds. The number of nitrogens with zero attached hydrogens (tertiary/aromatic N) is 5. The molecule has 0 aliphatic rings. The van der Waals surface area contributed by atoms with Crippen LogP contribution in [-0.2, 0) is 0 Å². The molecule has 0 radical (unpaired) electrons. The van der Waals surface area contributed by atoms with E-state index in [0.717, 1.165) is 78.3 Å². The first-order valence-corrected chi connectivity index (χ1v) is 22.7. The van der Waals surface area contributed by atoms with E-state index < -0.39 is 0 Å². The summed E-state index contributed by atoms with van der Waals surface area (Å²) in [6.07, 6.45) is 0. The Hall–Kier alpha value is -8.67. The summed E-state index contributed by atoms with van der Waals surface area (Å²) in [5.74, 6) is 1.68. The van der Waals surface area contributed by atoms with Gasteiger partial charge < -0.3 is 9.13 Å². The summed E-state index contributed by atoms with van der Waals surface area (Å²) in [7, 11) is 0.